The van der Waals surface area contributed by atoms with Crippen LogP contribution in [0.5, 0.6) is 0 Å². The van der Waals surface area contributed by atoms with Crippen LogP contribution in [0.2, 0.25) is 0 Å². The van der Waals surface area contributed by atoms with Gasteiger partial charge in [0.25, 0.3) is 5.69 Å². The Kier molecular flexibility index (Phi) is 10.8. The van der Waals surface area contributed by atoms with Crippen molar-refractivity contribution in [3.63, 3.8) is 0 Å². The van der Waals surface area contributed by atoms with Gasteiger partial charge in [-0.25, -0.2) is 0 Å². The lowest BCUT2D eigenvalue weighted by molar-refractivity contribution is -0.384. The van der Waals surface area contributed by atoms with Gasteiger partial charge in [-0.3, -0.25) is 20.1 Å². The first-order chi connectivity index (χ1) is 20.4. The zero-order valence-corrected chi connectivity index (χ0v) is 25.1. The Bertz CT molecular complexity index is 1530. The molecular weight excluding hydrogens is 520 g/mol. The van der Waals surface area contributed by atoms with Gasteiger partial charge in [-0.15, -0.1) is 0 Å². The van der Waals surface area contributed by atoms with E-state index in [2.05, 4.69) is 79.2 Å². The molecule has 42 heavy (non-hydrogen) atoms. The molecule has 0 spiro atoms. The van der Waals surface area contributed by atoms with Crippen molar-refractivity contribution in [2.45, 2.75) is 53.4 Å². The highest BCUT2D eigenvalue weighted by atomic mass is 16.6. The number of aryl methyl sites for hydroxylation is 2. The number of hydrogen-bond acceptors (Lipinski definition) is 5. The average Bonchev–Trinajstić information content (AvgIpc) is 3.00. The van der Waals surface area contributed by atoms with Gasteiger partial charge in [0.1, 0.15) is 0 Å². The number of nitro groups is 1. The summed E-state index contributed by atoms with van der Waals surface area (Å²) in [5, 5.41) is 10.9. The van der Waals surface area contributed by atoms with Crippen LogP contribution in [0.15, 0.2) is 73.1 Å². The van der Waals surface area contributed by atoms with Crippen LogP contribution in [0.25, 0.3) is 35.4 Å². The van der Waals surface area contributed by atoms with Gasteiger partial charge < -0.3 is 4.90 Å². The number of anilines is 1. The molecule has 0 aliphatic heterocycles. The van der Waals surface area contributed by atoms with E-state index >= 15 is 0 Å². The van der Waals surface area contributed by atoms with E-state index in [0.29, 0.717) is 0 Å². The fourth-order valence-corrected chi connectivity index (χ4v) is 4.76. The molecule has 0 radical (unpaired) electrons. The van der Waals surface area contributed by atoms with Gasteiger partial charge in [0.2, 0.25) is 0 Å². The quantitative estimate of drug-likeness (QED) is 0.120. The second-order valence-electron chi connectivity index (χ2n) is 10.7. The highest BCUT2D eigenvalue weighted by molar-refractivity contribution is 5.74. The SMILES string of the molecule is CCCCN(CCCC)c1ccc(/C=C/c2ncc(-c3cnc(/C=C/c4ccc([N+](=O)[O-])cc4)c(C)c3)cc2C)cc1. The summed E-state index contributed by atoms with van der Waals surface area (Å²) in [6, 6.07) is 19.6. The first-order valence-corrected chi connectivity index (χ1v) is 14.8. The van der Waals surface area contributed by atoms with Gasteiger partial charge in [-0.2, -0.15) is 0 Å². The number of nitrogens with zero attached hydrogens (tertiary/aromatic N) is 4. The summed E-state index contributed by atoms with van der Waals surface area (Å²) in [6.45, 7) is 10.8. The molecule has 0 atom stereocenters. The molecule has 0 N–H and O–H groups in total. The minimum absolute atomic E-state index is 0.0808. The molecule has 6 heteroatoms. The Labute approximate surface area is 249 Å². The maximum atomic E-state index is 10.9. The van der Waals surface area contributed by atoms with E-state index in [-0.39, 0.29) is 5.69 Å². The van der Waals surface area contributed by atoms with Crippen LogP contribution in [0.4, 0.5) is 11.4 Å². The summed E-state index contributed by atoms with van der Waals surface area (Å²) in [7, 11) is 0. The van der Waals surface area contributed by atoms with E-state index in [9.17, 15) is 10.1 Å². The van der Waals surface area contributed by atoms with E-state index in [1.165, 1.54) is 43.5 Å². The minimum Gasteiger partial charge on any atom is -0.372 e. The van der Waals surface area contributed by atoms with E-state index in [4.69, 9.17) is 4.98 Å². The summed E-state index contributed by atoms with van der Waals surface area (Å²) in [5.41, 5.74) is 9.39. The van der Waals surface area contributed by atoms with Gasteiger partial charge >= 0.3 is 0 Å². The standard InChI is InChI=1S/C36H40N4O2/c1-5-7-21-39(22-8-6-2)33-15-9-29(10-16-33)13-19-35-27(3)23-31(25-37-35)32-24-28(4)36(38-26-32)20-14-30-11-17-34(18-12-30)40(41)42/h9-20,23-26H,5-8,21-22H2,1-4H3/b19-13+,20-14+. The third-order valence-corrected chi connectivity index (χ3v) is 7.36. The molecule has 4 rings (SSSR count). The van der Waals surface area contributed by atoms with Gasteiger partial charge in [-0.05, 0) is 97.5 Å². The average molecular weight is 561 g/mol. The number of pyridine rings is 2. The molecule has 2 aromatic carbocycles. The Balaban J connectivity index is 1.43. The number of benzene rings is 2. The molecule has 0 bridgehead atoms. The fourth-order valence-electron chi connectivity index (χ4n) is 4.76. The Morgan fingerprint density at radius 3 is 1.57 bits per heavy atom. The summed E-state index contributed by atoms with van der Waals surface area (Å²) < 4.78 is 0. The van der Waals surface area contributed by atoms with Crippen molar-refractivity contribution in [3.8, 4) is 11.1 Å². The number of hydrogen-bond donors (Lipinski definition) is 0. The molecule has 0 unspecified atom stereocenters. The smallest absolute Gasteiger partial charge is 0.269 e. The van der Waals surface area contributed by atoms with Crippen molar-refractivity contribution in [1.29, 1.82) is 0 Å². The lowest BCUT2D eigenvalue weighted by Crippen LogP contribution is -2.25. The molecule has 0 amide bonds. The number of nitro benzene ring substituents is 1. The molecule has 4 aromatic rings. The van der Waals surface area contributed by atoms with Gasteiger partial charge in [0, 0.05) is 54.4 Å². The van der Waals surface area contributed by atoms with E-state index in [1.807, 2.05) is 31.5 Å². The zero-order valence-electron chi connectivity index (χ0n) is 25.1. The third kappa shape index (κ3) is 8.23. The minimum atomic E-state index is -0.396. The molecule has 0 aliphatic carbocycles. The molecule has 0 fully saturated rings. The van der Waals surface area contributed by atoms with Crippen molar-refractivity contribution in [2.75, 3.05) is 18.0 Å². The highest BCUT2D eigenvalue weighted by Crippen LogP contribution is 2.24. The second kappa shape index (κ2) is 14.9. The molecule has 216 valence electrons. The number of unbranched alkanes of at least 4 members (excludes halogenated alkanes) is 2. The van der Waals surface area contributed by atoms with Crippen LogP contribution in [-0.2, 0) is 0 Å². The predicted molar refractivity (Wildman–Crippen MR) is 176 cm³/mol. The summed E-state index contributed by atoms with van der Waals surface area (Å²) in [5.74, 6) is 0. The highest BCUT2D eigenvalue weighted by Gasteiger charge is 2.08. The van der Waals surface area contributed by atoms with Gasteiger partial charge in [0.05, 0.1) is 16.3 Å². The Morgan fingerprint density at radius 1 is 0.714 bits per heavy atom. The lowest BCUT2D eigenvalue weighted by atomic mass is 10.0. The van der Waals surface area contributed by atoms with Crippen molar-refractivity contribution in [2.24, 2.45) is 0 Å². The monoisotopic (exact) mass is 560 g/mol. The van der Waals surface area contributed by atoms with E-state index < -0.39 is 4.92 Å². The predicted octanol–water partition coefficient (Wildman–Crippen LogP) is 9.42. The first kappa shape index (κ1) is 30.4. The molecule has 2 aromatic heterocycles. The Hall–Kier alpha value is -4.58. The molecule has 0 saturated carbocycles. The molecule has 6 nitrogen and oxygen atoms in total. The van der Waals surface area contributed by atoms with Crippen LogP contribution in [0.1, 0.15) is 73.2 Å². The van der Waals surface area contributed by atoms with E-state index in [0.717, 1.165) is 57.9 Å². The summed E-state index contributed by atoms with van der Waals surface area (Å²) >= 11 is 0. The van der Waals surface area contributed by atoms with E-state index in [1.54, 1.807) is 12.1 Å². The molecular formula is C36H40N4O2. The molecule has 2 heterocycles. The fraction of sp³-hybridized carbons (Fsp3) is 0.278. The van der Waals surface area contributed by atoms with Crippen molar-refractivity contribution in [1.82, 2.24) is 9.97 Å². The second-order valence-corrected chi connectivity index (χ2v) is 10.7. The normalized spacial score (nSPS) is 11.4. The van der Waals surface area contributed by atoms with Crippen LogP contribution in [-0.4, -0.2) is 28.0 Å². The summed E-state index contributed by atoms with van der Waals surface area (Å²) in [4.78, 5) is 22.4. The first-order valence-electron chi connectivity index (χ1n) is 14.8. The topological polar surface area (TPSA) is 72.2 Å². The number of aromatic nitrogens is 2. The van der Waals surface area contributed by atoms with Crippen LogP contribution in [0.3, 0.4) is 0 Å². The largest absolute Gasteiger partial charge is 0.372 e. The van der Waals surface area contributed by atoms with Gasteiger partial charge in [-0.1, -0.05) is 51.0 Å². The van der Waals surface area contributed by atoms with Crippen LogP contribution >= 0.6 is 0 Å². The molecule has 0 aliphatic rings. The number of non-ortho nitro benzene ring substituents is 1. The number of rotatable bonds is 13. The third-order valence-electron chi connectivity index (χ3n) is 7.36. The molecule has 0 saturated heterocycles. The maximum Gasteiger partial charge on any atom is 0.269 e. The van der Waals surface area contributed by atoms with Crippen molar-refractivity contribution >= 4 is 35.7 Å². The van der Waals surface area contributed by atoms with Crippen molar-refractivity contribution in [3.05, 3.63) is 117 Å². The summed E-state index contributed by atoms with van der Waals surface area (Å²) in [6.07, 6.45) is 16.7. The Morgan fingerprint density at radius 2 is 1.17 bits per heavy atom. The van der Waals surface area contributed by atoms with Gasteiger partial charge in [0.15, 0.2) is 0 Å². The maximum absolute atomic E-state index is 10.9. The van der Waals surface area contributed by atoms with Crippen molar-refractivity contribution < 1.29 is 4.92 Å². The van der Waals surface area contributed by atoms with Crippen LogP contribution < -0.4 is 4.90 Å². The lowest BCUT2D eigenvalue weighted by Gasteiger charge is -2.24. The zero-order chi connectivity index (χ0) is 29.9. The van der Waals surface area contributed by atoms with Crippen LogP contribution in [0, 0.1) is 24.0 Å².